The molecule has 2 aromatic carbocycles. The summed E-state index contributed by atoms with van der Waals surface area (Å²) in [5.41, 5.74) is 3.16. The summed E-state index contributed by atoms with van der Waals surface area (Å²) in [5.74, 6) is 2.01. The van der Waals surface area contributed by atoms with Crippen LogP contribution < -0.4 is 0 Å². The van der Waals surface area contributed by atoms with Crippen molar-refractivity contribution in [2.45, 2.75) is 31.3 Å². The maximum Gasteiger partial charge on any atom is 0.169 e. The van der Waals surface area contributed by atoms with Crippen LogP contribution in [0.1, 0.15) is 19.7 Å². The molecule has 0 bridgehead atoms. The van der Waals surface area contributed by atoms with Crippen molar-refractivity contribution < 1.29 is 0 Å². The first-order valence-electron chi connectivity index (χ1n) is 8.63. The zero-order valence-electron chi connectivity index (χ0n) is 14.8. The number of tetrazole rings is 1. The molecule has 0 aliphatic carbocycles. The van der Waals surface area contributed by atoms with Gasteiger partial charge in [-0.3, -0.25) is 0 Å². The molecule has 0 amide bonds. The molecule has 0 unspecified atom stereocenters. The van der Waals surface area contributed by atoms with E-state index in [1.165, 1.54) is 5.52 Å². The second-order valence-corrected chi connectivity index (χ2v) is 7.46. The predicted molar refractivity (Wildman–Crippen MR) is 103 cm³/mol. The fraction of sp³-hybridized carbons (Fsp3) is 0.263. The highest BCUT2D eigenvalue weighted by Gasteiger charge is 2.15. The highest BCUT2D eigenvalue weighted by molar-refractivity contribution is 7.98. The van der Waals surface area contributed by atoms with Gasteiger partial charge < -0.3 is 4.57 Å². The second-order valence-electron chi connectivity index (χ2n) is 6.52. The van der Waals surface area contributed by atoms with Crippen molar-refractivity contribution in [3.05, 3.63) is 60.4 Å². The number of benzene rings is 2. The predicted octanol–water partition coefficient (Wildman–Crippen LogP) is 3.96. The van der Waals surface area contributed by atoms with Crippen molar-refractivity contribution in [2.24, 2.45) is 5.92 Å². The Labute approximate surface area is 156 Å². The Morgan fingerprint density at radius 3 is 2.58 bits per heavy atom. The maximum absolute atomic E-state index is 4.82. The lowest BCUT2D eigenvalue weighted by Gasteiger charge is -2.11. The molecule has 0 radical (unpaired) electrons. The number of para-hydroxylation sites is 3. The zero-order chi connectivity index (χ0) is 17.9. The summed E-state index contributed by atoms with van der Waals surface area (Å²) in [6.07, 6.45) is 0. The number of aromatic nitrogens is 6. The zero-order valence-corrected chi connectivity index (χ0v) is 15.6. The van der Waals surface area contributed by atoms with Gasteiger partial charge in [0, 0.05) is 6.54 Å². The monoisotopic (exact) mass is 364 g/mol. The molecular formula is C19H20N6S. The molecule has 6 nitrogen and oxygen atoms in total. The molecule has 0 saturated heterocycles. The van der Waals surface area contributed by atoms with Gasteiger partial charge in [-0.2, -0.15) is 4.68 Å². The molecule has 26 heavy (non-hydrogen) atoms. The molecule has 0 aliphatic heterocycles. The van der Waals surface area contributed by atoms with Gasteiger partial charge in [0.2, 0.25) is 0 Å². The highest BCUT2D eigenvalue weighted by atomic mass is 32.2. The van der Waals surface area contributed by atoms with Crippen LogP contribution in [-0.2, 0) is 12.3 Å². The molecule has 0 N–H and O–H groups in total. The summed E-state index contributed by atoms with van der Waals surface area (Å²) in [6.45, 7) is 5.38. The first-order chi connectivity index (χ1) is 12.7. The molecular weight excluding hydrogens is 344 g/mol. The Balaban J connectivity index is 1.62. The van der Waals surface area contributed by atoms with Gasteiger partial charge in [-0.15, -0.1) is 5.10 Å². The number of rotatable bonds is 6. The van der Waals surface area contributed by atoms with E-state index in [2.05, 4.69) is 52.1 Å². The normalized spacial score (nSPS) is 11.5. The Morgan fingerprint density at radius 1 is 1.00 bits per heavy atom. The molecule has 2 aromatic heterocycles. The largest absolute Gasteiger partial charge is 0.319 e. The molecule has 0 aliphatic rings. The lowest BCUT2D eigenvalue weighted by Crippen LogP contribution is -2.06. The number of hydrogen-bond acceptors (Lipinski definition) is 5. The van der Waals surface area contributed by atoms with Gasteiger partial charge in [0.15, 0.2) is 11.0 Å². The number of thioether (sulfide) groups is 1. The highest BCUT2D eigenvalue weighted by Crippen LogP contribution is 2.27. The number of nitrogens with zero attached hydrogens (tertiary/aromatic N) is 6. The van der Waals surface area contributed by atoms with Crippen molar-refractivity contribution in [3.63, 3.8) is 0 Å². The smallest absolute Gasteiger partial charge is 0.169 e. The Hall–Kier alpha value is -2.67. The van der Waals surface area contributed by atoms with Crippen molar-refractivity contribution in [1.82, 2.24) is 29.8 Å². The molecule has 0 saturated carbocycles. The van der Waals surface area contributed by atoms with Crippen LogP contribution in [0.25, 0.3) is 16.7 Å². The van der Waals surface area contributed by atoms with E-state index < -0.39 is 0 Å². The summed E-state index contributed by atoms with van der Waals surface area (Å²) >= 11 is 1.67. The summed E-state index contributed by atoms with van der Waals surface area (Å²) < 4.78 is 4.07. The first kappa shape index (κ1) is 16.8. The molecule has 132 valence electrons. The SMILES string of the molecule is CC(C)Cn1c(SCc2nnnn2-c2ccccc2)nc2ccccc21. The van der Waals surface area contributed by atoms with E-state index in [9.17, 15) is 0 Å². The van der Waals surface area contributed by atoms with Crippen molar-refractivity contribution >= 4 is 22.8 Å². The molecule has 4 rings (SSSR count). The van der Waals surface area contributed by atoms with Crippen LogP contribution in [0.3, 0.4) is 0 Å². The standard InChI is InChI=1S/C19H20N6S/c1-14(2)12-24-17-11-7-6-10-16(17)20-19(24)26-13-18-21-22-23-25(18)15-8-4-3-5-9-15/h3-11,14H,12-13H2,1-2H3. The van der Waals surface area contributed by atoms with E-state index >= 15 is 0 Å². The quantitative estimate of drug-likeness (QED) is 0.485. The number of fused-ring (bicyclic) bond motifs is 1. The summed E-state index contributed by atoms with van der Waals surface area (Å²) in [7, 11) is 0. The summed E-state index contributed by atoms with van der Waals surface area (Å²) in [5, 5.41) is 13.2. The molecule has 4 aromatic rings. The van der Waals surface area contributed by atoms with Gasteiger partial charge in [-0.05, 0) is 40.6 Å². The van der Waals surface area contributed by atoms with Gasteiger partial charge in [-0.25, -0.2) is 4.98 Å². The Morgan fingerprint density at radius 2 is 1.77 bits per heavy atom. The topological polar surface area (TPSA) is 61.4 Å². The fourth-order valence-corrected chi connectivity index (χ4v) is 3.83. The third-order valence-electron chi connectivity index (χ3n) is 4.03. The average Bonchev–Trinajstić information content (AvgIpc) is 3.25. The fourth-order valence-electron chi connectivity index (χ4n) is 2.90. The molecule has 7 heteroatoms. The lowest BCUT2D eigenvalue weighted by atomic mass is 10.2. The number of hydrogen-bond donors (Lipinski definition) is 0. The van der Waals surface area contributed by atoms with Gasteiger partial charge in [-0.1, -0.05) is 55.9 Å². The molecule has 0 atom stereocenters. The van der Waals surface area contributed by atoms with Crippen LogP contribution in [0, 0.1) is 5.92 Å². The third-order valence-corrected chi connectivity index (χ3v) is 5.00. The van der Waals surface area contributed by atoms with Gasteiger partial charge in [0.05, 0.1) is 22.5 Å². The third kappa shape index (κ3) is 3.35. The first-order valence-corrected chi connectivity index (χ1v) is 9.61. The van der Waals surface area contributed by atoms with E-state index in [0.717, 1.165) is 28.7 Å². The minimum atomic E-state index is 0.543. The van der Waals surface area contributed by atoms with E-state index in [0.29, 0.717) is 11.7 Å². The molecule has 2 heterocycles. The second kappa shape index (κ2) is 7.29. The summed E-state index contributed by atoms with van der Waals surface area (Å²) in [4.78, 5) is 4.82. The maximum atomic E-state index is 4.82. The minimum Gasteiger partial charge on any atom is -0.319 e. The van der Waals surface area contributed by atoms with E-state index in [4.69, 9.17) is 4.98 Å². The Kier molecular flexibility index (Phi) is 4.71. The van der Waals surface area contributed by atoms with Crippen LogP contribution in [0.5, 0.6) is 0 Å². The molecule has 0 spiro atoms. The number of imidazole rings is 1. The van der Waals surface area contributed by atoms with Crippen LogP contribution in [-0.4, -0.2) is 29.8 Å². The Bertz CT molecular complexity index is 1010. The van der Waals surface area contributed by atoms with Gasteiger partial charge in [0.1, 0.15) is 0 Å². The minimum absolute atomic E-state index is 0.543. The summed E-state index contributed by atoms with van der Waals surface area (Å²) in [6, 6.07) is 18.2. The molecule has 0 fully saturated rings. The van der Waals surface area contributed by atoms with Crippen molar-refractivity contribution in [2.75, 3.05) is 0 Å². The van der Waals surface area contributed by atoms with E-state index in [1.807, 2.05) is 36.4 Å². The van der Waals surface area contributed by atoms with E-state index in [1.54, 1.807) is 16.4 Å². The van der Waals surface area contributed by atoms with Crippen LogP contribution in [0.15, 0.2) is 59.8 Å². The van der Waals surface area contributed by atoms with E-state index in [-0.39, 0.29) is 0 Å². The van der Waals surface area contributed by atoms with Crippen LogP contribution >= 0.6 is 11.8 Å². The van der Waals surface area contributed by atoms with Crippen LogP contribution in [0.4, 0.5) is 0 Å². The van der Waals surface area contributed by atoms with Crippen molar-refractivity contribution in [3.8, 4) is 5.69 Å². The van der Waals surface area contributed by atoms with Gasteiger partial charge >= 0.3 is 0 Å². The van der Waals surface area contributed by atoms with Gasteiger partial charge in [0.25, 0.3) is 0 Å². The van der Waals surface area contributed by atoms with Crippen LogP contribution in [0.2, 0.25) is 0 Å². The average molecular weight is 364 g/mol. The lowest BCUT2D eigenvalue weighted by molar-refractivity contribution is 0.505. The van der Waals surface area contributed by atoms with Crippen molar-refractivity contribution in [1.29, 1.82) is 0 Å².